The van der Waals surface area contributed by atoms with Crippen LogP contribution in [0.4, 0.5) is 4.79 Å². The van der Waals surface area contributed by atoms with Gasteiger partial charge in [-0.2, -0.15) is 0 Å². The van der Waals surface area contributed by atoms with Gasteiger partial charge < -0.3 is 9.15 Å². The standard InChI is InChI=1S/C12H9NO5/c1-17-12(16)13-10(14)8-6-7-4-2-3-5-9(7)18-11(8)15/h2-6H,1H3,(H,13,14,16). The number of ether oxygens (including phenoxy) is 1. The summed E-state index contributed by atoms with van der Waals surface area (Å²) in [4.78, 5) is 34.1. The number of rotatable bonds is 1. The van der Waals surface area contributed by atoms with Gasteiger partial charge in [-0.3, -0.25) is 10.1 Å². The lowest BCUT2D eigenvalue weighted by Crippen LogP contribution is -2.33. The van der Waals surface area contributed by atoms with Crippen LogP contribution in [0.2, 0.25) is 0 Å². The Morgan fingerprint density at radius 3 is 2.72 bits per heavy atom. The molecule has 2 amide bonds. The minimum atomic E-state index is -0.937. The van der Waals surface area contributed by atoms with Gasteiger partial charge in [-0.1, -0.05) is 18.2 Å². The van der Waals surface area contributed by atoms with E-state index >= 15 is 0 Å². The maximum atomic E-state index is 11.6. The van der Waals surface area contributed by atoms with Gasteiger partial charge in [-0.25, -0.2) is 9.59 Å². The molecular formula is C12H9NO5. The number of carbonyl (C=O) groups excluding carboxylic acids is 2. The maximum absolute atomic E-state index is 11.6. The molecule has 0 radical (unpaired) electrons. The van der Waals surface area contributed by atoms with E-state index in [9.17, 15) is 14.4 Å². The quantitative estimate of drug-likeness (QED) is 0.767. The number of carbonyl (C=O) groups is 2. The topological polar surface area (TPSA) is 85.6 Å². The summed E-state index contributed by atoms with van der Waals surface area (Å²) in [6.45, 7) is 0. The lowest BCUT2D eigenvalue weighted by atomic mass is 10.2. The van der Waals surface area contributed by atoms with Gasteiger partial charge in [0.2, 0.25) is 0 Å². The molecule has 2 aromatic rings. The van der Waals surface area contributed by atoms with Crippen molar-refractivity contribution >= 4 is 23.0 Å². The third-order valence-corrected chi connectivity index (χ3v) is 2.29. The number of alkyl carbamates (subject to hydrolysis) is 1. The molecule has 0 aliphatic rings. The van der Waals surface area contributed by atoms with E-state index in [4.69, 9.17) is 4.42 Å². The van der Waals surface area contributed by atoms with Crippen molar-refractivity contribution in [1.29, 1.82) is 0 Å². The van der Waals surface area contributed by atoms with E-state index in [1.165, 1.54) is 6.07 Å². The van der Waals surface area contributed by atoms with Crippen LogP contribution >= 0.6 is 0 Å². The highest BCUT2D eigenvalue weighted by atomic mass is 16.5. The summed E-state index contributed by atoms with van der Waals surface area (Å²) in [7, 11) is 1.12. The summed E-state index contributed by atoms with van der Waals surface area (Å²) in [6.07, 6.45) is -0.937. The Labute approximate surface area is 101 Å². The first-order valence-electron chi connectivity index (χ1n) is 5.04. The molecule has 0 unspecified atom stereocenters. The summed E-state index contributed by atoms with van der Waals surface area (Å²) >= 11 is 0. The molecule has 6 nitrogen and oxygen atoms in total. The Morgan fingerprint density at radius 1 is 1.28 bits per heavy atom. The van der Waals surface area contributed by atoms with E-state index in [0.717, 1.165) is 7.11 Å². The lowest BCUT2D eigenvalue weighted by Gasteiger charge is -2.02. The van der Waals surface area contributed by atoms with E-state index in [1.807, 2.05) is 5.32 Å². The lowest BCUT2D eigenvalue weighted by molar-refractivity contribution is 0.0933. The van der Waals surface area contributed by atoms with Crippen molar-refractivity contribution in [1.82, 2.24) is 5.32 Å². The molecule has 0 fully saturated rings. The van der Waals surface area contributed by atoms with Gasteiger partial charge in [0, 0.05) is 5.39 Å². The number of nitrogens with one attached hydrogen (secondary N) is 1. The smallest absolute Gasteiger partial charge is 0.413 e. The third-order valence-electron chi connectivity index (χ3n) is 2.29. The van der Waals surface area contributed by atoms with Gasteiger partial charge in [0.05, 0.1) is 7.11 Å². The molecule has 0 saturated carbocycles. The second-order valence-electron chi connectivity index (χ2n) is 3.43. The molecule has 0 saturated heterocycles. The van der Waals surface area contributed by atoms with Gasteiger partial charge in [0.15, 0.2) is 0 Å². The van der Waals surface area contributed by atoms with Gasteiger partial charge in [0.1, 0.15) is 11.1 Å². The van der Waals surface area contributed by atoms with Crippen molar-refractivity contribution in [3.05, 3.63) is 46.3 Å². The van der Waals surface area contributed by atoms with Crippen molar-refractivity contribution in [2.45, 2.75) is 0 Å². The first-order valence-corrected chi connectivity index (χ1v) is 5.04. The zero-order valence-electron chi connectivity index (χ0n) is 9.43. The minimum absolute atomic E-state index is 0.251. The Bertz CT molecular complexity index is 673. The van der Waals surface area contributed by atoms with Crippen LogP contribution in [-0.2, 0) is 4.74 Å². The predicted molar refractivity (Wildman–Crippen MR) is 62.4 cm³/mol. The summed E-state index contributed by atoms with van der Waals surface area (Å²) in [5.74, 6) is -0.860. The van der Waals surface area contributed by atoms with E-state index < -0.39 is 17.6 Å². The molecule has 0 atom stereocenters. The van der Waals surface area contributed by atoms with E-state index in [-0.39, 0.29) is 5.56 Å². The summed E-state index contributed by atoms with van der Waals surface area (Å²) in [5, 5.41) is 2.48. The first-order chi connectivity index (χ1) is 8.61. The van der Waals surface area contributed by atoms with Crippen molar-refractivity contribution in [3.63, 3.8) is 0 Å². The Balaban J connectivity index is 2.45. The summed E-state index contributed by atoms with van der Waals surface area (Å²) in [5.41, 5.74) is -0.689. The van der Waals surface area contributed by atoms with E-state index in [0.29, 0.717) is 11.0 Å². The summed E-state index contributed by atoms with van der Waals surface area (Å²) < 4.78 is 9.23. The highest BCUT2D eigenvalue weighted by Crippen LogP contribution is 2.12. The summed E-state index contributed by atoms with van der Waals surface area (Å²) in [6, 6.07) is 8.11. The number of para-hydroxylation sites is 1. The van der Waals surface area contributed by atoms with Crippen molar-refractivity contribution in [2.75, 3.05) is 7.11 Å². The Kier molecular flexibility index (Phi) is 3.09. The first kappa shape index (κ1) is 11.8. The molecule has 6 heteroatoms. The van der Waals surface area contributed by atoms with Crippen LogP contribution < -0.4 is 10.9 Å². The molecule has 0 bridgehead atoms. The van der Waals surface area contributed by atoms with Crippen molar-refractivity contribution < 1.29 is 18.7 Å². The molecule has 0 aliphatic heterocycles. The van der Waals surface area contributed by atoms with Crippen LogP contribution in [-0.4, -0.2) is 19.1 Å². The fraction of sp³-hybridized carbons (Fsp3) is 0.0833. The fourth-order valence-corrected chi connectivity index (χ4v) is 1.43. The van der Waals surface area contributed by atoms with Gasteiger partial charge in [-0.05, 0) is 12.1 Å². The SMILES string of the molecule is COC(=O)NC(=O)c1cc2ccccc2oc1=O. The Morgan fingerprint density at radius 2 is 2.00 bits per heavy atom. The normalized spacial score (nSPS) is 10.1. The number of fused-ring (bicyclic) bond motifs is 1. The van der Waals surface area contributed by atoms with Crippen LogP contribution in [0.15, 0.2) is 39.5 Å². The van der Waals surface area contributed by atoms with Crippen molar-refractivity contribution in [3.8, 4) is 0 Å². The molecule has 18 heavy (non-hydrogen) atoms. The molecule has 2 rings (SSSR count). The zero-order chi connectivity index (χ0) is 13.1. The van der Waals surface area contributed by atoms with Gasteiger partial charge in [-0.15, -0.1) is 0 Å². The van der Waals surface area contributed by atoms with Crippen molar-refractivity contribution in [2.24, 2.45) is 0 Å². The van der Waals surface area contributed by atoms with E-state index in [1.54, 1.807) is 24.3 Å². The van der Waals surface area contributed by atoms with E-state index in [2.05, 4.69) is 4.74 Å². The largest absolute Gasteiger partial charge is 0.453 e. The second kappa shape index (κ2) is 4.70. The Hall–Kier alpha value is -2.63. The molecule has 1 N–H and O–H groups in total. The molecule has 1 heterocycles. The van der Waals surface area contributed by atoms with Gasteiger partial charge >= 0.3 is 11.7 Å². The molecule has 1 aromatic carbocycles. The van der Waals surface area contributed by atoms with Crippen LogP contribution in [0.5, 0.6) is 0 Å². The molecular weight excluding hydrogens is 238 g/mol. The van der Waals surface area contributed by atoms with Crippen LogP contribution in [0, 0.1) is 0 Å². The average molecular weight is 247 g/mol. The molecule has 92 valence electrons. The number of hydrogen-bond acceptors (Lipinski definition) is 5. The zero-order valence-corrected chi connectivity index (χ0v) is 9.43. The number of imide groups is 1. The average Bonchev–Trinajstić information content (AvgIpc) is 2.37. The number of hydrogen-bond donors (Lipinski definition) is 1. The van der Waals surface area contributed by atoms with Crippen LogP contribution in [0.1, 0.15) is 10.4 Å². The molecule has 0 spiro atoms. The van der Waals surface area contributed by atoms with Crippen LogP contribution in [0.3, 0.4) is 0 Å². The number of methoxy groups -OCH3 is 1. The molecule has 1 aromatic heterocycles. The molecule has 0 aliphatic carbocycles. The van der Waals surface area contributed by atoms with Gasteiger partial charge in [0.25, 0.3) is 5.91 Å². The predicted octanol–water partition coefficient (Wildman–Crippen LogP) is 1.29. The maximum Gasteiger partial charge on any atom is 0.413 e. The van der Waals surface area contributed by atoms with Crippen LogP contribution in [0.25, 0.3) is 11.0 Å². The number of amides is 2. The second-order valence-corrected chi connectivity index (χ2v) is 3.43. The number of benzene rings is 1. The fourth-order valence-electron chi connectivity index (χ4n) is 1.43. The third kappa shape index (κ3) is 2.22. The highest BCUT2D eigenvalue weighted by Gasteiger charge is 2.16. The minimum Gasteiger partial charge on any atom is -0.453 e. The highest BCUT2D eigenvalue weighted by molar-refractivity contribution is 6.03. The monoisotopic (exact) mass is 247 g/mol.